The van der Waals surface area contributed by atoms with E-state index in [0.717, 1.165) is 6.08 Å². The van der Waals surface area contributed by atoms with Gasteiger partial charge in [0.05, 0.1) is 11.6 Å². The molecule has 0 aliphatic rings. The zero-order chi connectivity index (χ0) is 20.7. The number of benzene rings is 1. The van der Waals surface area contributed by atoms with Crippen molar-refractivity contribution in [1.82, 2.24) is 0 Å². The molecule has 0 saturated heterocycles. The standard InChI is InChI=1S/C18H24N2O5S/c1-17(2,3)12-8-11(10(9-19)7-13(20)21)16(26(23,24)25)14(15(12)22)18(4,5)6/h7-8,22H,1-6H3,(H2,20,21)(H,23,24,25). The van der Waals surface area contributed by atoms with Gasteiger partial charge in [-0.1, -0.05) is 41.5 Å². The van der Waals surface area contributed by atoms with E-state index in [4.69, 9.17) is 5.73 Å². The maximum absolute atomic E-state index is 12.1. The number of nitrogens with zero attached hydrogens (tertiary/aromatic N) is 1. The molecule has 1 aromatic rings. The normalized spacial score (nSPS) is 13.4. The van der Waals surface area contributed by atoms with Crippen LogP contribution in [0.1, 0.15) is 58.2 Å². The monoisotopic (exact) mass is 380 g/mol. The van der Waals surface area contributed by atoms with Gasteiger partial charge in [-0.3, -0.25) is 9.35 Å². The third-order valence-corrected chi connectivity index (χ3v) is 4.71. The third kappa shape index (κ3) is 4.42. The van der Waals surface area contributed by atoms with Gasteiger partial charge in [0.2, 0.25) is 5.91 Å². The molecule has 0 fully saturated rings. The molecule has 7 nitrogen and oxygen atoms in total. The van der Waals surface area contributed by atoms with Crippen molar-refractivity contribution in [3.8, 4) is 11.8 Å². The second-order valence-electron chi connectivity index (χ2n) is 8.07. The molecule has 0 spiro atoms. The molecule has 0 radical (unpaired) electrons. The van der Waals surface area contributed by atoms with Gasteiger partial charge in [-0.05, 0) is 16.9 Å². The number of allylic oxidation sites excluding steroid dienone is 1. The van der Waals surface area contributed by atoms with Gasteiger partial charge < -0.3 is 10.8 Å². The quantitative estimate of drug-likeness (QED) is 0.418. The van der Waals surface area contributed by atoms with Crippen molar-refractivity contribution in [1.29, 1.82) is 5.26 Å². The minimum atomic E-state index is -4.83. The summed E-state index contributed by atoms with van der Waals surface area (Å²) in [6.07, 6.45) is 0.792. The van der Waals surface area contributed by atoms with Crippen LogP contribution in [0.2, 0.25) is 0 Å². The van der Waals surface area contributed by atoms with Crippen molar-refractivity contribution in [3.05, 3.63) is 28.8 Å². The summed E-state index contributed by atoms with van der Waals surface area (Å²) in [5, 5.41) is 20.2. The van der Waals surface area contributed by atoms with Gasteiger partial charge in [-0.2, -0.15) is 13.7 Å². The average Bonchev–Trinajstić information content (AvgIpc) is 2.40. The third-order valence-electron chi connectivity index (χ3n) is 3.77. The van der Waals surface area contributed by atoms with E-state index in [1.165, 1.54) is 6.07 Å². The Labute approximate surface area is 153 Å². The number of amides is 1. The lowest BCUT2D eigenvalue weighted by atomic mass is 9.77. The largest absolute Gasteiger partial charge is 0.507 e. The van der Waals surface area contributed by atoms with Crippen molar-refractivity contribution in [2.45, 2.75) is 57.3 Å². The van der Waals surface area contributed by atoms with Crippen LogP contribution >= 0.6 is 0 Å². The fourth-order valence-electron chi connectivity index (χ4n) is 2.70. The molecule has 0 bridgehead atoms. The predicted molar refractivity (Wildman–Crippen MR) is 98.1 cm³/mol. The number of nitrogens with two attached hydrogens (primary N) is 1. The van der Waals surface area contributed by atoms with E-state index in [2.05, 4.69) is 0 Å². The van der Waals surface area contributed by atoms with Crippen LogP contribution in [0, 0.1) is 11.3 Å². The Balaban J connectivity index is 4.33. The molecular formula is C18H24N2O5S. The number of carbonyl (C=O) groups is 1. The lowest BCUT2D eigenvalue weighted by Gasteiger charge is -2.30. The van der Waals surface area contributed by atoms with Crippen LogP contribution in [0.25, 0.3) is 5.57 Å². The van der Waals surface area contributed by atoms with Crippen LogP contribution in [0.4, 0.5) is 0 Å². The molecule has 1 aromatic carbocycles. The summed E-state index contributed by atoms with van der Waals surface area (Å²) in [4.78, 5) is 10.7. The fourth-order valence-corrected chi connectivity index (χ4v) is 3.81. The fraction of sp³-hybridized carbons (Fsp3) is 0.444. The number of carbonyl (C=O) groups excluding carboxylic acids is 1. The Hall–Kier alpha value is -2.37. The molecule has 1 rings (SSSR count). The number of phenols is 1. The highest BCUT2D eigenvalue weighted by atomic mass is 32.2. The zero-order valence-corrected chi connectivity index (χ0v) is 16.5. The van der Waals surface area contributed by atoms with Crippen molar-refractivity contribution >= 4 is 21.6 Å². The summed E-state index contributed by atoms with van der Waals surface area (Å²) in [5.41, 5.74) is 3.46. The van der Waals surface area contributed by atoms with Crippen LogP contribution in [0.5, 0.6) is 5.75 Å². The van der Waals surface area contributed by atoms with E-state index in [9.17, 15) is 28.1 Å². The average molecular weight is 380 g/mol. The molecular weight excluding hydrogens is 356 g/mol. The number of hydrogen-bond donors (Lipinski definition) is 3. The summed E-state index contributed by atoms with van der Waals surface area (Å²) >= 11 is 0. The minimum Gasteiger partial charge on any atom is -0.507 e. The predicted octanol–water partition coefficient (Wildman–Crippen LogP) is 2.63. The van der Waals surface area contributed by atoms with E-state index < -0.39 is 31.8 Å². The van der Waals surface area contributed by atoms with E-state index in [1.807, 2.05) is 0 Å². The molecule has 0 unspecified atom stereocenters. The maximum Gasteiger partial charge on any atom is 0.295 e. The van der Waals surface area contributed by atoms with Crippen molar-refractivity contribution in [2.75, 3.05) is 0 Å². The van der Waals surface area contributed by atoms with Crippen LogP contribution in [-0.4, -0.2) is 24.0 Å². The molecule has 0 heterocycles. The number of rotatable bonds is 3. The van der Waals surface area contributed by atoms with Crippen LogP contribution in [0.3, 0.4) is 0 Å². The van der Waals surface area contributed by atoms with E-state index in [-0.39, 0.29) is 22.4 Å². The Morgan fingerprint density at radius 3 is 2.00 bits per heavy atom. The van der Waals surface area contributed by atoms with Crippen LogP contribution < -0.4 is 5.73 Å². The number of nitriles is 1. The summed E-state index contributed by atoms with van der Waals surface area (Å²) in [7, 11) is -4.83. The van der Waals surface area contributed by atoms with Crippen LogP contribution in [-0.2, 0) is 25.7 Å². The summed E-state index contributed by atoms with van der Waals surface area (Å²) in [6, 6.07) is 3.04. The van der Waals surface area contributed by atoms with Crippen molar-refractivity contribution in [3.63, 3.8) is 0 Å². The maximum atomic E-state index is 12.1. The SMILES string of the molecule is CC(C)(C)c1cc(C(C#N)=CC(N)=O)c(S(=O)(=O)O)c(C(C)(C)C)c1O. The molecule has 4 N–H and O–H groups in total. The van der Waals surface area contributed by atoms with E-state index >= 15 is 0 Å². The minimum absolute atomic E-state index is 0.0342. The Morgan fingerprint density at radius 1 is 1.19 bits per heavy atom. The first kappa shape index (κ1) is 21.7. The lowest BCUT2D eigenvalue weighted by Crippen LogP contribution is -2.22. The highest BCUT2D eigenvalue weighted by Crippen LogP contribution is 2.45. The van der Waals surface area contributed by atoms with E-state index in [0.29, 0.717) is 5.56 Å². The molecule has 0 saturated carbocycles. The smallest absolute Gasteiger partial charge is 0.295 e. The van der Waals surface area contributed by atoms with Gasteiger partial charge in [0.15, 0.2) is 0 Å². The molecule has 1 amide bonds. The topological polar surface area (TPSA) is 141 Å². The second-order valence-corrected chi connectivity index (χ2v) is 9.43. The second kappa shape index (κ2) is 6.74. The first-order valence-electron chi connectivity index (χ1n) is 7.81. The lowest BCUT2D eigenvalue weighted by molar-refractivity contribution is -0.113. The zero-order valence-electron chi connectivity index (χ0n) is 15.7. The number of primary amides is 1. The molecule has 0 aliphatic carbocycles. The highest BCUT2D eigenvalue weighted by Gasteiger charge is 2.35. The molecule has 8 heteroatoms. The Morgan fingerprint density at radius 2 is 1.69 bits per heavy atom. The molecule has 0 aromatic heterocycles. The van der Waals surface area contributed by atoms with Gasteiger partial charge in [0.25, 0.3) is 10.1 Å². The molecule has 142 valence electrons. The van der Waals surface area contributed by atoms with Crippen molar-refractivity contribution < 1.29 is 22.9 Å². The first-order valence-corrected chi connectivity index (χ1v) is 9.25. The van der Waals surface area contributed by atoms with E-state index in [1.54, 1.807) is 47.6 Å². The number of hydrogen-bond acceptors (Lipinski definition) is 5. The van der Waals surface area contributed by atoms with Crippen molar-refractivity contribution in [2.24, 2.45) is 5.73 Å². The summed E-state index contributed by atoms with van der Waals surface area (Å²) < 4.78 is 34.1. The Kier molecular flexibility index (Phi) is 5.62. The number of aromatic hydroxyl groups is 1. The first-order chi connectivity index (χ1) is 11.5. The molecule has 26 heavy (non-hydrogen) atoms. The molecule has 0 atom stereocenters. The highest BCUT2D eigenvalue weighted by molar-refractivity contribution is 7.86. The van der Waals surface area contributed by atoms with Gasteiger partial charge in [0, 0.05) is 22.8 Å². The summed E-state index contributed by atoms with van der Waals surface area (Å²) in [6.45, 7) is 10.4. The van der Waals surface area contributed by atoms with Gasteiger partial charge >= 0.3 is 0 Å². The van der Waals surface area contributed by atoms with Gasteiger partial charge in [0.1, 0.15) is 10.6 Å². The van der Waals surface area contributed by atoms with Gasteiger partial charge in [-0.15, -0.1) is 0 Å². The number of phenolic OH excluding ortho intramolecular Hbond substituents is 1. The Bertz CT molecular complexity index is 924. The van der Waals surface area contributed by atoms with Gasteiger partial charge in [-0.25, -0.2) is 0 Å². The molecule has 0 aliphatic heterocycles. The van der Waals surface area contributed by atoms with Crippen LogP contribution in [0.15, 0.2) is 17.0 Å². The summed E-state index contributed by atoms with van der Waals surface area (Å²) in [5.74, 6) is -1.22.